The van der Waals surface area contributed by atoms with E-state index in [0.717, 1.165) is 44.7 Å². The van der Waals surface area contributed by atoms with E-state index in [4.69, 9.17) is 18.9 Å². The van der Waals surface area contributed by atoms with Crippen LogP contribution in [0.2, 0.25) is 0 Å². The van der Waals surface area contributed by atoms with Gasteiger partial charge in [-0.25, -0.2) is 0 Å². The molecule has 0 radical (unpaired) electrons. The molecule has 20 heavy (non-hydrogen) atoms. The predicted molar refractivity (Wildman–Crippen MR) is 75.0 cm³/mol. The summed E-state index contributed by atoms with van der Waals surface area (Å²) in [6, 6.07) is 0. The molecule has 1 aliphatic heterocycles. The van der Waals surface area contributed by atoms with Gasteiger partial charge >= 0.3 is 0 Å². The van der Waals surface area contributed by atoms with Crippen molar-refractivity contribution in [2.45, 2.75) is 51.7 Å². The first-order valence-corrected chi connectivity index (χ1v) is 7.72. The highest BCUT2D eigenvalue weighted by Crippen LogP contribution is 2.59. The minimum Gasteiger partial charge on any atom is -0.472 e. The predicted octanol–water partition coefficient (Wildman–Crippen LogP) is 3.22. The van der Waals surface area contributed by atoms with Crippen LogP contribution in [0.3, 0.4) is 0 Å². The van der Waals surface area contributed by atoms with Crippen LogP contribution in [0.1, 0.15) is 46.0 Å². The number of hydrogen-bond donors (Lipinski definition) is 0. The van der Waals surface area contributed by atoms with Crippen molar-refractivity contribution in [3.8, 4) is 0 Å². The van der Waals surface area contributed by atoms with Crippen LogP contribution in [-0.4, -0.2) is 32.9 Å². The van der Waals surface area contributed by atoms with Crippen molar-refractivity contribution in [1.82, 2.24) is 0 Å². The molecule has 114 valence electrons. The van der Waals surface area contributed by atoms with Crippen molar-refractivity contribution in [2.24, 2.45) is 11.3 Å². The summed E-state index contributed by atoms with van der Waals surface area (Å²) in [7, 11) is 1.67. The van der Waals surface area contributed by atoms with E-state index in [1.807, 2.05) is 0 Å². The maximum absolute atomic E-state index is 6.11. The molecule has 4 heteroatoms. The fraction of sp³-hybridized carbons (Fsp3) is 0.875. The van der Waals surface area contributed by atoms with Gasteiger partial charge in [0.15, 0.2) is 12.6 Å². The molecule has 2 atom stereocenters. The molecule has 0 N–H and O–H groups in total. The van der Waals surface area contributed by atoms with Gasteiger partial charge in [-0.1, -0.05) is 6.92 Å². The third kappa shape index (κ3) is 2.00. The largest absolute Gasteiger partial charge is 0.472 e. The first-order valence-electron chi connectivity index (χ1n) is 7.72. The molecule has 0 amide bonds. The van der Waals surface area contributed by atoms with Crippen molar-refractivity contribution < 1.29 is 18.9 Å². The van der Waals surface area contributed by atoms with Gasteiger partial charge in [-0.2, -0.15) is 0 Å². The highest BCUT2D eigenvalue weighted by Gasteiger charge is 2.60. The Morgan fingerprint density at radius 2 is 2.00 bits per heavy atom. The van der Waals surface area contributed by atoms with E-state index in [1.54, 1.807) is 7.11 Å². The Balaban J connectivity index is 1.89. The van der Waals surface area contributed by atoms with Gasteiger partial charge in [0, 0.05) is 25.4 Å². The number of methoxy groups -OCH3 is 1. The van der Waals surface area contributed by atoms with Crippen molar-refractivity contribution in [3.63, 3.8) is 0 Å². The van der Waals surface area contributed by atoms with E-state index in [-0.39, 0.29) is 11.2 Å². The number of fused-ring (bicyclic) bond motifs is 2. The van der Waals surface area contributed by atoms with Crippen molar-refractivity contribution in [3.05, 3.63) is 11.3 Å². The topological polar surface area (TPSA) is 36.9 Å². The number of rotatable bonds is 3. The number of hydrogen-bond acceptors (Lipinski definition) is 4. The van der Waals surface area contributed by atoms with Crippen molar-refractivity contribution in [2.75, 3.05) is 27.1 Å². The standard InChI is InChI=1S/C16H26O4/c1-12-13-5-4-7-16(19-9-10-20-16)15(13,2)8-6-14(12)18-11-17-3/h13H,4-11H2,1-3H3/t13?,15-/m1/s1. The van der Waals surface area contributed by atoms with Gasteiger partial charge in [0.25, 0.3) is 0 Å². The average Bonchev–Trinajstić information content (AvgIpc) is 2.91. The second-order valence-corrected chi connectivity index (χ2v) is 6.47. The smallest absolute Gasteiger partial charge is 0.188 e. The lowest BCUT2D eigenvalue weighted by molar-refractivity contribution is -0.268. The molecule has 4 nitrogen and oxygen atoms in total. The minimum atomic E-state index is -0.357. The Bertz CT molecular complexity index is 397. The highest BCUT2D eigenvalue weighted by atomic mass is 16.7. The zero-order chi connectivity index (χ0) is 14.2. The second kappa shape index (κ2) is 5.32. The first-order chi connectivity index (χ1) is 9.63. The Morgan fingerprint density at radius 3 is 2.70 bits per heavy atom. The zero-order valence-electron chi connectivity index (χ0n) is 12.9. The lowest BCUT2D eigenvalue weighted by Crippen LogP contribution is -2.56. The van der Waals surface area contributed by atoms with Crippen LogP contribution >= 0.6 is 0 Å². The van der Waals surface area contributed by atoms with Crippen LogP contribution < -0.4 is 0 Å². The highest BCUT2D eigenvalue weighted by molar-refractivity contribution is 5.22. The lowest BCUT2D eigenvalue weighted by Gasteiger charge is -2.55. The summed E-state index contributed by atoms with van der Waals surface area (Å²) in [5.41, 5.74) is 1.44. The van der Waals surface area contributed by atoms with Crippen LogP contribution in [0.5, 0.6) is 0 Å². The summed E-state index contributed by atoms with van der Waals surface area (Å²) in [6.07, 6.45) is 5.41. The van der Waals surface area contributed by atoms with E-state index < -0.39 is 0 Å². The molecule has 2 aliphatic carbocycles. The van der Waals surface area contributed by atoms with Gasteiger partial charge in [0.2, 0.25) is 0 Å². The van der Waals surface area contributed by atoms with E-state index in [9.17, 15) is 0 Å². The van der Waals surface area contributed by atoms with Crippen LogP contribution in [0.15, 0.2) is 11.3 Å². The zero-order valence-corrected chi connectivity index (χ0v) is 12.9. The summed E-state index contributed by atoms with van der Waals surface area (Å²) in [6.45, 7) is 6.37. The summed E-state index contributed by atoms with van der Waals surface area (Å²) in [5.74, 6) is 1.25. The summed E-state index contributed by atoms with van der Waals surface area (Å²) in [5, 5.41) is 0. The second-order valence-electron chi connectivity index (χ2n) is 6.47. The quantitative estimate of drug-likeness (QED) is 0.745. The normalized spacial score (nSPS) is 36.2. The fourth-order valence-corrected chi connectivity index (χ4v) is 4.48. The maximum atomic E-state index is 6.11. The first kappa shape index (κ1) is 14.4. The van der Waals surface area contributed by atoms with Gasteiger partial charge in [-0.3, -0.25) is 0 Å². The number of allylic oxidation sites excluding steroid dienone is 2. The van der Waals surface area contributed by atoms with E-state index >= 15 is 0 Å². The summed E-state index contributed by atoms with van der Waals surface area (Å²) in [4.78, 5) is 0. The molecule has 3 rings (SSSR count). The molecule has 1 unspecified atom stereocenters. The SMILES string of the molecule is COCOC1=C(C)C2CCCC3(OCCO3)[C@]2(C)CC1. The molecular formula is C16H26O4. The van der Waals surface area contributed by atoms with Crippen LogP contribution in [0.4, 0.5) is 0 Å². The Labute approximate surface area is 121 Å². The molecule has 1 heterocycles. The van der Waals surface area contributed by atoms with Crippen LogP contribution in [0.25, 0.3) is 0 Å². The molecular weight excluding hydrogens is 256 g/mol. The Kier molecular flexibility index (Phi) is 3.82. The van der Waals surface area contributed by atoms with Crippen molar-refractivity contribution in [1.29, 1.82) is 0 Å². The van der Waals surface area contributed by atoms with Crippen LogP contribution in [0, 0.1) is 11.3 Å². The molecule has 1 saturated heterocycles. The van der Waals surface area contributed by atoms with E-state index in [0.29, 0.717) is 12.7 Å². The average molecular weight is 282 g/mol. The van der Waals surface area contributed by atoms with Crippen LogP contribution in [-0.2, 0) is 18.9 Å². The molecule has 0 aromatic carbocycles. The molecule has 1 spiro atoms. The minimum absolute atomic E-state index is 0.0752. The summed E-state index contributed by atoms with van der Waals surface area (Å²) < 4.78 is 23.0. The molecule has 1 saturated carbocycles. The fourth-order valence-electron chi connectivity index (χ4n) is 4.48. The Hall–Kier alpha value is -0.580. The Morgan fingerprint density at radius 1 is 1.25 bits per heavy atom. The summed E-state index contributed by atoms with van der Waals surface area (Å²) >= 11 is 0. The number of ether oxygens (including phenoxy) is 4. The molecule has 0 aromatic rings. The molecule has 0 aromatic heterocycles. The van der Waals surface area contributed by atoms with Crippen molar-refractivity contribution >= 4 is 0 Å². The third-order valence-electron chi connectivity index (χ3n) is 5.58. The maximum Gasteiger partial charge on any atom is 0.188 e. The van der Waals surface area contributed by atoms with E-state index in [1.165, 1.54) is 12.0 Å². The van der Waals surface area contributed by atoms with E-state index in [2.05, 4.69) is 13.8 Å². The third-order valence-corrected chi connectivity index (χ3v) is 5.58. The van der Waals surface area contributed by atoms with Gasteiger partial charge in [0.05, 0.1) is 19.0 Å². The molecule has 0 bridgehead atoms. The van der Waals surface area contributed by atoms with Gasteiger partial charge in [-0.05, 0) is 37.7 Å². The van der Waals surface area contributed by atoms with Gasteiger partial charge in [0.1, 0.15) is 0 Å². The van der Waals surface area contributed by atoms with Gasteiger partial charge in [-0.15, -0.1) is 0 Å². The molecule has 2 fully saturated rings. The molecule has 3 aliphatic rings. The van der Waals surface area contributed by atoms with Gasteiger partial charge < -0.3 is 18.9 Å². The lowest BCUT2D eigenvalue weighted by atomic mass is 9.56. The monoisotopic (exact) mass is 282 g/mol.